The molecule has 1 unspecified atom stereocenters. The van der Waals surface area contributed by atoms with Gasteiger partial charge >= 0.3 is 0 Å². The average Bonchev–Trinajstić information content (AvgIpc) is 3.08. The zero-order chi connectivity index (χ0) is 18.8. The first kappa shape index (κ1) is 17.7. The van der Waals surface area contributed by atoms with Crippen LogP contribution in [0, 0.1) is 5.92 Å². The molecular weight excluding hydrogens is 368 g/mol. The molecule has 4 rings (SSSR count). The lowest BCUT2D eigenvalue weighted by Gasteiger charge is -2.19. The van der Waals surface area contributed by atoms with Crippen LogP contribution < -0.4 is 19.7 Å². The third kappa shape index (κ3) is 3.71. The molecular formula is C20H19ClN2O4. The van der Waals surface area contributed by atoms with E-state index >= 15 is 0 Å². The molecule has 1 fully saturated rings. The lowest BCUT2D eigenvalue weighted by Crippen LogP contribution is -2.32. The molecule has 140 valence electrons. The van der Waals surface area contributed by atoms with Crippen LogP contribution in [0.4, 0.5) is 5.69 Å². The Hall–Kier alpha value is -2.73. The zero-order valence-electron chi connectivity index (χ0n) is 14.6. The van der Waals surface area contributed by atoms with E-state index in [9.17, 15) is 9.59 Å². The summed E-state index contributed by atoms with van der Waals surface area (Å²) in [7, 11) is 0. The molecule has 0 saturated carbocycles. The van der Waals surface area contributed by atoms with E-state index in [1.165, 1.54) is 0 Å². The molecule has 1 N–H and O–H groups in total. The number of hydrogen-bond acceptors (Lipinski definition) is 4. The molecule has 2 heterocycles. The van der Waals surface area contributed by atoms with Crippen LogP contribution in [-0.4, -0.2) is 31.6 Å². The molecule has 0 radical (unpaired) electrons. The van der Waals surface area contributed by atoms with E-state index in [0.29, 0.717) is 48.5 Å². The van der Waals surface area contributed by atoms with Gasteiger partial charge in [-0.25, -0.2) is 0 Å². The molecule has 6 nitrogen and oxygen atoms in total. The Morgan fingerprint density at radius 3 is 2.74 bits per heavy atom. The van der Waals surface area contributed by atoms with Crippen molar-refractivity contribution in [3.05, 3.63) is 53.1 Å². The van der Waals surface area contributed by atoms with E-state index in [4.69, 9.17) is 21.1 Å². The number of nitrogens with zero attached hydrogens (tertiary/aromatic N) is 1. The van der Waals surface area contributed by atoms with E-state index in [1.807, 2.05) is 30.3 Å². The Morgan fingerprint density at radius 1 is 1.15 bits per heavy atom. The number of halogens is 1. The number of carbonyl (C=O) groups excluding carboxylic acids is 2. The first-order valence-electron chi connectivity index (χ1n) is 8.83. The van der Waals surface area contributed by atoms with Crippen LogP contribution >= 0.6 is 11.6 Å². The SMILES string of the molecule is O=C(NCc1ccc2c(c1)OCCO2)C1CC(=O)N(c2ccccc2Cl)C1. The second-order valence-electron chi connectivity index (χ2n) is 6.55. The summed E-state index contributed by atoms with van der Waals surface area (Å²) < 4.78 is 11.1. The highest BCUT2D eigenvalue weighted by Crippen LogP contribution is 2.32. The van der Waals surface area contributed by atoms with Gasteiger partial charge in [0.15, 0.2) is 11.5 Å². The van der Waals surface area contributed by atoms with Crippen molar-refractivity contribution in [2.75, 3.05) is 24.7 Å². The maximum absolute atomic E-state index is 12.5. The van der Waals surface area contributed by atoms with Gasteiger partial charge in [-0.05, 0) is 29.8 Å². The number of anilines is 1. The van der Waals surface area contributed by atoms with Gasteiger partial charge in [0.05, 0.1) is 16.6 Å². The van der Waals surface area contributed by atoms with Crippen molar-refractivity contribution in [2.24, 2.45) is 5.92 Å². The first-order valence-corrected chi connectivity index (χ1v) is 9.21. The monoisotopic (exact) mass is 386 g/mol. The van der Waals surface area contributed by atoms with Crippen molar-refractivity contribution in [3.63, 3.8) is 0 Å². The standard InChI is InChI=1S/C20H19ClN2O4/c21-15-3-1-2-4-16(15)23-12-14(10-19(23)24)20(25)22-11-13-5-6-17-18(9-13)27-8-7-26-17/h1-6,9,14H,7-8,10-12H2,(H,22,25). The van der Waals surface area contributed by atoms with Crippen molar-refractivity contribution in [1.82, 2.24) is 5.32 Å². The van der Waals surface area contributed by atoms with Crippen molar-refractivity contribution in [2.45, 2.75) is 13.0 Å². The number of para-hydroxylation sites is 1. The van der Waals surface area contributed by atoms with Crippen LogP contribution in [0.1, 0.15) is 12.0 Å². The number of rotatable bonds is 4. The van der Waals surface area contributed by atoms with Gasteiger partial charge in [0.25, 0.3) is 0 Å². The Kier molecular flexibility index (Phi) is 4.90. The van der Waals surface area contributed by atoms with Gasteiger partial charge in [-0.3, -0.25) is 9.59 Å². The largest absolute Gasteiger partial charge is 0.486 e. The molecule has 7 heteroatoms. The Morgan fingerprint density at radius 2 is 1.93 bits per heavy atom. The van der Waals surface area contributed by atoms with Crippen molar-refractivity contribution >= 4 is 29.1 Å². The summed E-state index contributed by atoms with van der Waals surface area (Å²) in [5.74, 6) is 0.767. The van der Waals surface area contributed by atoms with Gasteiger partial charge in [0.1, 0.15) is 13.2 Å². The van der Waals surface area contributed by atoms with Crippen LogP contribution in [0.25, 0.3) is 0 Å². The Labute approximate surface area is 162 Å². The molecule has 2 amide bonds. The summed E-state index contributed by atoms with van der Waals surface area (Å²) in [6.45, 7) is 1.76. The minimum absolute atomic E-state index is 0.0948. The highest BCUT2D eigenvalue weighted by Gasteiger charge is 2.35. The predicted octanol–water partition coefficient (Wildman–Crippen LogP) is 2.78. The lowest BCUT2D eigenvalue weighted by atomic mass is 10.1. The lowest BCUT2D eigenvalue weighted by molar-refractivity contribution is -0.126. The van der Waals surface area contributed by atoms with E-state index in [-0.39, 0.29) is 18.2 Å². The molecule has 2 aliphatic rings. The highest BCUT2D eigenvalue weighted by atomic mass is 35.5. The molecule has 0 bridgehead atoms. The maximum atomic E-state index is 12.5. The van der Waals surface area contributed by atoms with Crippen LogP contribution in [-0.2, 0) is 16.1 Å². The fourth-order valence-corrected chi connectivity index (χ4v) is 3.56. The van der Waals surface area contributed by atoms with E-state index in [1.54, 1.807) is 17.0 Å². The van der Waals surface area contributed by atoms with Crippen molar-refractivity contribution in [3.8, 4) is 11.5 Å². The topological polar surface area (TPSA) is 67.9 Å². The van der Waals surface area contributed by atoms with Crippen molar-refractivity contribution < 1.29 is 19.1 Å². The summed E-state index contributed by atoms with van der Waals surface area (Å²) >= 11 is 6.18. The number of carbonyl (C=O) groups is 2. The minimum Gasteiger partial charge on any atom is -0.486 e. The summed E-state index contributed by atoms with van der Waals surface area (Å²) in [6.07, 6.45) is 0.179. The summed E-state index contributed by atoms with van der Waals surface area (Å²) in [6, 6.07) is 12.8. The summed E-state index contributed by atoms with van der Waals surface area (Å²) in [5.41, 5.74) is 1.56. The number of ether oxygens (including phenoxy) is 2. The third-order valence-electron chi connectivity index (χ3n) is 4.71. The summed E-state index contributed by atoms with van der Waals surface area (Å²) in [4.78, 5) is 26.4. The molecule has 27 heavy (non-hydrogen) atoms. The summed E-state index contributed by atoms with van der Waals surface area (Å²) in [5, 5.41) is 3.41. The third-order valence-corrected chi connectivity index (χ3v) is 5.03. The highest BCUT2D eigenvalue weighted by molar-refractivity contribution is 6.33. The van der Waals surface area contributed by atoms with Crippen LogP contribution in [0.5, 0.6) is 11.5 Å². The number of hydrogen-bond donors (Lipinski definition) is 1. The van der Waals surface area contributed by atoms with Gasteiger partial charge in [-0.1, -0.05) is 29.8 Å². The Balaban J connectivity index is 1.38. The normalized spacial score (nSPS) is 18.5. The van der Waals surface area contributed by atoms with Crippen molar-refractivity contribution in [1.29, 1.82) is 0 Å². The molecule has 1 atom stereocenters. The second kappa shape index (κ2) is 7.48. The van der Waals surface area contributed by atoms with Gasteiger partial charge in [-0.2, -0.15) is 0 Å². The van der Waals surface area contributed by atoms with E-state index < -0.39 is 5.92 Å². The number of amides is 2. The predicted molar refractivity (Wildman–Crippen MR) is 101 cm³/mol. The van der Waals surface area contributed by atoms with Gasteiger partial charge in [0.2, 0.25) is 11.8 Å². The number of benzene rings is 2. The average molecular weight is 387 g/mol. The van der Waals surface area contributed by atoms with Crippen LogP contribution in [0.15, 0.2) is 42.5 Å². The molecule has 2 aliphatic heterocycles. The molecule has 0 aliphatic carbocycles. The number of fused-ring (bicyclic) bond motifs is 1. The van der Waals surface area contributed by atoms with Gasteiger partial charge < -0.3 is 19.7 Å². The fraction of sp³-hybridized carbons (Fsp3) is 0.300. The fourth-order valence-electron chi connectivity index (χ4n) is 3.32. The van der Waals surface area contributed by atoms with Crippen LogP contribution in [0.3, 0.4) is 0 Å². The van der Waals surface area contributed by atoms with E-state index in [0.717, 1.165) is 5.56 Å². The number of nitrogens with one attached hydrogen (secondary N) is 1. The van der Waals surface area contributed by atoms with Crippen LogP contribution in [0.2, 0.25) is 5.02 Å². The zero-order valence-corrected chi connectivity index (χ0v) is 15.4. The molecule has 2 aromatic rings. The second-order valence-corrected chi connectivity index (χ2v) is 6.96. The smallest absolute Gasteiger partial charge is 0.227 e. The first-order chi connectivity index (χ1) is 13.1. The maximum Gasteiger partial charge on any atom is 0.227 e. The van der Waals surface area contributed by atoms with E-state index in [2.05, 4.69) is 5.32 Å². The molecule has 0 aromatic heterocycles. The Bertz CT molecular complexity index is 886. The molecule has 0 spiro atoms. The molecule has 1 saturated heterocycles. The van der Waals surface area contributed by atoms with Gasteiger partial charge in [0, 0.05) is 19.5 Å². The quantitative estimate of drug-likeness (QED) is 0.877. The minimum atomic E-state index is -0.397. The molecule has 2 aromatic carbocycles. The van der Waals surface area contributed by atoms with Gasteiger partial charge in [-0.15, -0.1) is 0 Å².